The molecule has 26 heavy (non-hydrogen) atoms. The number of rotatable bonds is 5. The number of amides is 1. The summed E-state index contributed by atoms with van der Waals surface area (Å²) >= 11 is 1.50. The monoisotopic (exact) mass is 366 g/mol. The summed E-state index contributed by atoms with van der Waals surface area (Å²) in [7, 11) is 0. The smallest absolute Gasteiger partial charge is 0.271 e. The molecular formula is C20H18N2O3S. The maximum Gasteiger partial charge on any atom is 0.271 e. The van der Waals surface area contributed by atoms with Crippen molar-refractivity contribution in [1.82, 2.24) is 10.3 Å². The normalized spacial score (nSPS) is 12.6. The highest BCUT2D eigenvalue weighted by Crippen LogP contribution is 2.33. The second-order valence-corrected chi connectivity index (χ2v) is 6.86. The molecule has 1 amide bonds. The summed E-state index contributed by atoms with van der Waals surface area (Å²) in [4.78, 5) is 16.9. The van der Waals surface area contributed by atoms with Gasteiger partial charge in [-0.1, -0.05) is 42.5 Å². The van der Waals surface area contributed by atoms with Gasteiger partial charge in [-0.15, -0.1) is 11.3 Å². The van der Waals surface area contributed by atoms with E-state index in [-0.39, 0.29) is 5.91 Å². The van der Waals surface area contributed by atoms with Gasteiger partial charge < -0.3 is 14.8 Å². The summed E-state index contributed by atoms with van der Waals surface area (Å²) in [6.45, 7) is 1.44. The van der Waals surface area contributed by atoms with Crippen molar-refractivity contribution >= 4 is 17.2 Å². The van der Waals surface area contributed by atoms with Crippen LogP contribution >= 0.6 is 11.3 Å². The first-order valence-electron chi connectivity index (χ1n) is 8.43. The van der Waals surface area contributed by atoms with Crippen molar-refractivity contribution < 1.29 is 14.3 Å². The Bertz CT molecular complexity index is 908. The number of hydrogen-bond acceptors (Lipinski definition) is 5. The third-order valence-electron chi connectivity index (χ3n) is 4.07. The van der Waals surface area contributed by atoms with E-state index in [0.717, 1.165) is 22.7 Å². The first-order valence-corrected chi connectivity index (χ1v) is 9.31. The summed E-state index contributed by atoms with van der Waals surface area (Å²) in [5.74, 6) is 1.25. The zero-order chi connectivity index (χ0) is 17.8. The Morgan fingerprint density at radius 3 is 2.81 bits per heavy atom. The van der Waals surface area contributed by atoms with E-state index in [9.17, 15) is 4.79 Å². The molecule has 2 heterocycles. The van der Waals surface area contributed by atoms with E-state index >= 15 is 0 Å². The van der Waals surface area contributed by atoms with Gasteiger partial charge >= 0.3 is 0 Å². The van der Waals surface area contributed by atoms with Gasteiger partial charge in [0.05, 0.1) is 5.01 Å². The molecule has 1 aromatic heterocycles. The van der Waals surface area contributed by atoms with Crippen molar-refractivity contribution in [3.8, 4) is 11.5 Å². The fourth-order valence-electron chi connectivity index (χ4n) is 2.81. The average molecular weight is 366 g/mol. The minimum atomic E-state index is -0.185. The van der Waals surface area contributed by atoms with Crippen molar-refractivity contribution in [2.24, 2.45) is 0 Å². The molecule has 0 saturated carbocycles. The third-order valence-corrected chi connectivity index (χ3v) is 4.92. The first kappa shape index (κ1) is 16.6. The second kappa shape index (κ2) is 7.58. The Kier molecular flexibility index (Phi) is 4.84. The van der Waals surface area contributed by atoms with E-state index in [1.807, 2.05) is 36.4 Å². The van der Waals surface area contributed by atoms with Crippen LogP contribution in [0.4, 0.5) is 0 Å². The summed E-state index contributed by atoms with van der Waals surface area (Å²) in [6, 6.07) is 15.8. The number of para-hydroxylation sites is 1. The minimum absolute atomic E-state index is 0.185. The van der Waals surface area contributed by atoms with Crippen LogP contribution in [0.2, 0.25) is 0 Å². The molecule has 5 nitrogen and oxygen atoms in total. The van der Waals surface area contributed by atoms with E-state index in [1.54, 1.807) is 5.38 Å². The van der Waals surface area contributed by atoms with Gasteiger partial charge in [-0.2, -0.15) is 0 Å². The van der Waals surface area contributed by atoms with Crippen LogP contribution in [0.5, 0.6) is 11.5 Å². The molecule has 0 fully saturated rings. The van der Waals surface area contributed by atoms with Crippen LogP contribution in [0.15, 0.2) is 53.9 Å². The number of carbonyl (C=O) groups is 1. The Morgan fingerprint density at radius 1 is 1.08 bits per heavy atom. The molecule has 0 saturated heterocycles. The van der Waals surface area contributed by atoms with Gasteiger partial charge in [0.15, 0.2) is 11.5 Å². The van der Waals surface area contributed by atoms with Crippen molar-refractivity contribution in [3.05, 3.63) is 75.7 Å². The highest BCUT2D eigenvalue weighted by molar-refractivity contribution is 7.09. The molecule has 0 atom stereocenters. The van der Waals surface area contributed by atoms with Crippen molar-refractivity contribution in [2.75, 3.05) is 13.2 Å². The third kappa shape index (κ3) is 3.70. The minimum Gasteiger partial charge on any atom is -0.486 e. The number of benzene rings is 2. The lowest BCUT2D eigenvalue weighted by Gasteiger charge is -2.21. The van der Waals surface area contributed by atoms with Crippen molar-refractivity contribution in [1.29, 1.82) is 0 Å². The van der Waals surface area contributed by atoms with Crippen molar-refractivity contribution in [2.45, 2.75) is 13.0 Å². The summed E-state index contributed by atoms with van der Waals surface area (Å²) in [5, 5.41) is 5.64. The van der Waals surface area contributed by atoms with E-state index in [0.29, 0.717) is 31.2 Å². The number of nitrogens with zero attached hydrogens (tertiary/aromatic N) is 1. The van der Waals surface area contributed by atoms with Crippen LogP contribution in [0.1, 0.15) is 26.6 Å². The Labute approximate surface area is 155 Å². The number of carbonyl (C=O) groups excluding carboxylic acids is 1. The van der Waals surface area contributed by atoms with Crippen LogP contribution in [-0.4, -0.2) is 24.1 Å². The van der Waals surface area contributed by atoms with Crippen LogP contribution < -0.4 is 14.8 Å². The standard InChI is InChI=1S/C20H18N2O3S/c23-20(16-13-26-18(22-16)11-14-5-2-1-3-6-14)21-12-15-7-4-8-17-19(15)25-10-9-24-17/h1-8,13H,9-12H2,(H,21,23). The molecular weight excluding hydrogens is 348 g/mol. The Morgan fingerprint density at radius 2 is 1.92 bits per heavy atom. The van der Waals surface area contributed by atoms with E-state index in [2.05, 4.69) is 22.4 Å². The predicted molar refractivity (Wildman–Crippen MR) is 100.0 cm³/mol. The topological polar surface area (TPSA) is 60.5 Å². The predicted octanol–water partition coefficient (Wildman–Crippen LogP) is 3.44. The molecule has 132 valence electrons. The molecule has 0 unspecified atom stereocenters. The fourth-order valence-corrected chi connectivity index (χ4v) is 3.61. The molecule has 0 aliphatic carbocycles. The molecule has 4 rings (SSSR count). The molecule has 3 aromatic rings. The molecule has 1 aliphatic rings. The van der Waals surface area contributed by atoms with Gasteiger partial charge in [0.1, 0.15) is 18.9 Å². The summed E-state index contributed by atoms with van der Waals surface area (Å²) in [6.07, 6.45) is 0.732. The molecule has 0 radical (unpaired) electrons. The molecule has 1 N–H and O–H groups in total. The largest absolute Gasteiger partial charge is 0.486 e. The average Bonchev–Trinajstić information content (AvgIpc) is 3.15. The van der Waals surface area contributed by atoms with Crippen LogP contribution in [-0.2, 0) is 13.0 Å². The summed E-state index contributed by atoms with van der Waals surface area (Å²) in [5.41, 5.74) is 2.53. The first-order chi connectivity index (χ1) is 12.8. The van der Waals surface area contributed by atoms with Gasteiger partial charge in [-0.25, -0.2) is 4.98 Å². The Balaban J connectivity index is 1.40. The molecule has 0 bridgehead atoms. The van der Waals surface area contributed by atoms with E-state index < -0.39 is 0 Å². The van der Waals surface area contributed by atoms with Crippen LogP contribution in [0.3, 0.4) is 0 Å². The summed E-state index contributed by atoms with van der Waals surface area (Å²) < 4.78 is 11.2. The maximum absolute atomic E-state index is 12.4. The van der Waals surface area contributed by atoms with Crippen molar-refractivity contribution in [3.63, 3.8) is 0 Å². The SMILES string of the molecule is O=C(NCc1cccc2c1OCCO2)c1csc(Cc2ccccc2)n1. The highest BCUT2D eigenvalue weighted by atomic mass is 32.1. The number of aromatic nitrogens is 1. The Hall–Kier alpha value is -2.86. The van der Waals surface area contributed by atoms with Gasteiger partial charge in [-0.05, 0) is 11.6 Å². The lowest BCUT2D eigenvalue weighted by atomic mass is 10.1. The molecule has 1 aliphatic heterocycles. The molecule has 0 spiro atoms. The number of thiazole rings is 1. The van der Waals surface area contributed by atoms with Crippen LogP contribution in [0, 0.1) is 0 Å². The molecule has 2 aromatic carbocycles. The number of nitrogens with one attached hydrogen (secondary N) is 1. The van der Waals surface area contributed by atoms with Gasteiger partial charge in [0.25, 0.3) is 5.91 Å². The van der Waals surface area contributed by atoms with E-state index in [4.69, 9.17) is 9.47 Å². The maximum atomic E-state index is 12.4. The lowest BCUT2D eigenvalue weighted by molar-refractivity contribution is 0.0945. The van der Waals surface area contributed by atoms with Gasteiger partial charge in [0, 0.05) is 23.9 Å². The second-order valence-electron chi connectivity index (χ2n) is 5.91. The number of hydrogen-bond donors (Lipinski definition) is 1. The van der Waals surface area contributed by atoms with Crippen LogP contribution in [0.25, 0.3) is 0 Å². The highest BCUT2D eigenvalue weighted by Gasteiger charge is 2.17. The zero-order valence-electron chi connectivity index (χ0n) is 14.1. The molecule has 6 heteroatoms. The number of ether oxygens (including phenoxy) is 2. The zero-order valence-corrected chi connectivity index (χ0v) is 14.9. The fraction of sp³-hybridized carbons (Fsp3) is 0.200. The number of fused-ring (bicyclic) bond motifs is 1. The quantitative estimate of drug-likeness (QED) is 0.751. The van der Waals surface area contributed by atoms with E-state index in [1.165, 1.54) is 16.9 Å². The lowest BCUT2D eigenvalue weighted by Crippen LogP contribution is -2.24. The van der Waals surface area contributed by atoms with Gasteiger partial charge in [0.2, 0.25) is 0 Å². The van der Waals surface area contributed by atoms with Gasteiger partial charge in [-0.3, -0.25) is 4.79 Å².